The summed E-state index contributed by atoms with van der Waals surface area (Å²) in [5.74, 6) is 1.27. The number of nitrogen functional groups attached to an aromatic ring is 1. The van der Waals surface area contributed by atoms with Crippen LogP contribution in [-0.2, 0) is 17.4 Å². The van der Waals surface area contributed by atoms with Crippen LogP contribution in [0.15, 0.2) is 48.7 Å². The first-order valence-corrected chi connectivity index (χ1v) is 13.7. The Kier molecular flexibility index (Phi) is 7.70. The van der Waals surface area contributed by atoms with Crippen molar-refractivity contribution in [2.24, 2.45) is 0 Å². The van der Waals surface area contributed by atoms with Crippen LogP contribution in [0.25, 0.3) is 21.8 Å². The minimum absolute atomic E-state index is 0.0618. The second-order valence-electron chi connectivity index (χ2n) is 9.14. The molecule has 0 aliphatic carbocycles. The molecule has 0 atom stereocenters. The Labute approximate surface area is 205 Å². The third kappa shape index (κ3) is 6.57. The molecule has 0 radical (unpaired) electrons. The van der Waals surface area contributed by atoms with Crippen molar-refractivity contribution < 1.29 is 19.1 Å². The Bertz CT molecular complexity index is 1400. The summed E-state index contributed by atoms with van der Waals surface area (Å²) >= 11 is 0. The fourth-order valence-electron chi connectivity index (χ4n) is 4.30. The number of hydrogen-bond donors (Lipinski definition) is 3. The number of rotatable bonds is 10. The van der Waals surface area contributed by atoms with Gasteiger partial charge in [-0.05, 0) is 92.5 Å². The number of unbranched alkanes of at least 4 members (excludes halogenated alkanes) is 2. The molecule has 0 unspecified atom stereocenters. The predicted octanol–water partition coefficient (Wildman–Crippen LogP) is 5.49. The van der Waals surface area contributed by atoms with Gasteiger partial charge in [0.25, 0.3) is 0 Å². The van der Waals surface area contributed by atoms with Gasteiger partial charge in [0, 0.05) is 23.1 Å². The van der Waals surface area contributed by atoms with E-state index in [0.29, 0.717) is 18.8 Å². The van der Waals surface area contributed by atoms with Crippen molar-refractivity contribution in [1.82, 2.24) is 9.97 Å². The molecule has 0 bridgehead atoms. The van der Waals surface area contributed by atoms with Crippen molar-refractivity contribution in [3.05, 3.63) is 70.9 Å². The number of fused-ring (bicyclic) bond motifs is 3. The predicted molar refractivity (Wildman–Crippen MR) is 141 cm³/mol. The maximum Gasteiger partial charge on any atom is 0.325 e. The van der Waals surface area contributed by atoms with Gasteiger partial charge in [-0.25, -0.2) is 4.98 Å². The maximum atomic E-state index is 10.9. The average Bonchev–Trinajstić information content (AvgIpc) is 2.80. The number of anilines is 1. The lowest BCUT2D eigenvalue weighted by Crippen LogP contribution is -2.01. The van der Waals surface area contributed by atoms with Crippen LogP contribution in [0.3, 0.4) is 0 Å². The van der Waals surface area contributed by atoms with E-state index in [9.17, 15) is 4.57 Å². The van der Waals surface area contributed by atoms with Crippen LogP contribution < -0.4 is 10.5 Å². The van der Waals surface area contributed by atoms with Gasteiger partial charge in [0.05, 0.1) is 12.1 Å². The molecule has 184 valence electrons. The summed E-state index contributed by atoms with van der Waals surface area (Å²) < 4.78 is 16.7. The SMILES string of the molecule is Cc1ccc2c(c1)nc(N)c1ncc(CCc3ccc(OCCCCCP(=O)(O)O)cc3C)cc12. The van der Waals surface area contributed by atoms with Crippen molar-refractivity contribution in [2.45, 2.75) is 46.0 Å². The van der Waals surface area contributed by atoms with Crippen LogP contribution in [0.5, 0.6) is 5.75 Å². The molecule has 7 nitrogen and oxygen atoms in total. The number of hydrogen-bond acceptors (Lipinski definition) is 5. The molecule has 2 heterocycles. The Balaban J connectivity index is 1.38. The highest BCUT2D eigenvalue weighted by atomic mass is 31.2. The molecular weight excluding hydrogens is 461 g/mol. The summed E-state index contributed by atoms with van der Waals surface area (Å²) in [6, 6.07) is 14.5. The van der Waals surface area contributed by atoms with Gasteiger partial charge in [-0.15, -0.1) is 0 Å². The molecule has 2 aromatic heterocycles. The summed E-state index contributed by atoms with van der Waals surface area (Å²) in [6.45, 7) is 4.67. The Morgan fingerprint density at radius 3 is 2.57 bits per heavy atom. The molecule has 0 fully saturated rings. The second kappa shape index (κ2) is 10.7. The van der Waals surface area contributed by atoms with E-state index in [0.717, 1.165) is 64.4 Å². The first-order chi connectivity index (χ1) is 16.7. The van der Waals surface area contributed by atoms with Gasteiger partial charge < -0.3 is 20.3 Å². The molecule has 0 aliphatic rings. The molecule has 35 heavy (non-hydrogen) atoms. The molecule has 4 rings (SSSR count). The van der Waals surface area contributed by atoms with Gasteiger partial charge in [0.15, 0.2) is 5.82 Å². The highest BCUT2D eigenvalue weighted by Crippen LogP contribution is 2.35. The zero-order valence-electron chi connectivity index (χ0n) is 20.2. The highest BCUT2D eigenvalue weighted by molar-refractivity contribution is 7.51. The van der Waals surface area contributed by atoms with Crippen LogP contribution in [-0.4, -0.2) is 32.5 Å². The van der Waals surface area contributed by atoms with Crippen LogP contribution in [0, 0.1) is 13.8 Å². The second-order valence-corrected chi connectivity index (χ2v) is 10.9. The van der Waals surface area contributed by atoms with Gasteiger partial charge in [0.1, 0.15) is 11.3 Å². The summed E-state index contributed by atoms with van der Waals surface area (Å²) in [6.07, 6.45) is 5.59. The first kappa shape index (κ1) is 25.1. The minimum atomic E-state index is -3.89. The zero-order valence-corrected chi connectivity index (χ0v) is 21.1. The fraction of sp³-hybridized carbons (Fsp3) is 0.333. The van der Waals surface area contributed by atoms with Crippen LogP contribution in [0.4, 0.5) is 5.82 Å². The fourth-order valence-corrected chi connectivity index (χ4v) is 4.94. The van der Waals surface area contributed by atoms with Crippen molar-refractivity contribution in [3.8, 4) is 5.75 Å². The smallest absolute Gasteiger partial charge is 0.325 e. The quantitative estimate of drug-likeness (QED) is 0.152. The molecular formula is C27H32N3O4P. The lowest BCUT2D eigenvalue weighted by molar-refractivity contribution is 0.305. The highest BCUT2D eigenvalue weighted by Gasteiger charge is 2.12. The largest absolute Gasteiger partial charge is 0.494 e. The molecule has 0 spiro atoms. The van der Waals surface area contributed by atoms with E-state index in [1.165, 1.54) is 11.1 Å². The summed E-state index contributed by atoms with van der Waals surface area (Å²) in [4.78, 5) is 27.0. The lowest BCUT2D eigenvalue weighted by atomic mass is 9.99. The van der Waals surface area contributed by atoms with Crippen molar-refractivity contribution >= 4 is 35.2 Å². The van der Waals surface area contributed by atoms with E-state index >= 15 is 0 Å². The number of pyridine rings is 2. The van der Waals surface area contributed by atoms with E-state index in [-0.39, 0.29) is 6.16 Å². The van der Waals surface area contributed by atoms with Gasteiger partial charge in [-0.1, -0.05) is 18.2 Å². The molecule has 8 heteroatoms. The molecule has 4 aromatic rings. The van der Waals surface area contributed by atoms with Crippen molar-refractivity contribution in [2.75, 3.05) is 18.5 Å². The van der Waals surface area contributed by atoms with Crippen molar-refractivity contribution in [3.63, 3.8) is 0 Å². The third-order valence-electron chi connectivity index (χ3n) is 6.23. The van der Waals surface area contributed by atoms with Gasteiger partial charge in [0.2, 0.25) is 0 Å². The topological polar surface area (TPSA) is 119 Å². The standard InChI is InChI=1S/C27H32N3O4P/c1-18-6-11-23-24-16-20(17-29-26(24)27(28)30-25(23)14-18)7-8-21-9-10-22(15-19(21)2)34-12-4-3-5-13-35(31,32)33/h6,9-11,14-17H,3-5,7-8,12-13H2,1-2H3,(H2,28,30)(H2,31,32,33). The monoisotopic (exact) mass is 493 g/mol. The summed E-state index contributed by atoms with van der Waals surface area (Å²) in [7, 11) is -3.89. The van der Waals surface area contributed by atoms with E-state index in [4.69, 9.17) is 20.3 Å². The lowest BCUT2D eigenvalue weighted by Gasteiger charge is -2.11. The number of benzene rings is 2. The normalized spacial score (nSPS) is 11.9. The van der Waals surface area contributed by atoms with Crippen molar-refractivity contribution in [1.29, 1.82) is 0 Å². The van der Waals surface area contributed by atoms with Gasteiger partial charge >= 0.3 is 7.60 Å². The van der Waals surface area contributed by atoms with Gasteiger partial charge in [-0.2, -0.15) is 0 Å². The number of ether oxygens (including phenoxy) is 1. The average molecular weight is 494 g/mol. The summed E-state index contributed by atoms with van der Waals surface area (Å²) in [5.41, 5.74) is 12.5. The van der Waals surface area contributed by atoms with Crippen LogP contribution in [0.1, 0.15) is 41.5 Å². The summed E-state index contributed by atoms with van der Waals surface area (Å²) in [5, 5.41) is 2.10. The van der Waals surface area contributed by atoms with Crippen LogP contribution in [0.2, 0.25) is 0 Å². The maximum absolute atomic E-state index is 10.9. The Morgan fingerprint density at radius 2 is 1.80 bits per heavy atom. The molecule has 2 aromatic carbocycles. The minimum Gasteiger partial charge on any atom is -0.494 e. The van der Waals surface area contributed by atoms with E-state index < -0.39 is 7.60 Å². The number of aryl methyl sites for hydroxylation is 4. The van der Waals surface area contributed by atoms with E-state index in [1.54, 1.807) is 0 Å². The van der Waals surface area contributed by atoms with E-state index in [1.807, 2.05) is 31.3 Å². The zero-order chi connectivity index (χ0) is 25.0. The molecule has 0 aliphatic heterocycles. The Hall–Kier alpha value is -2.99. The third-order valence-corrected chi connectivity index (χ3v) is 7.13. The number of nitrogens with zero attached hydrogens (tertiary/aromatic N) is 2. The van der Waals surface area contributed by atoms with E-state index in [2.05, 4.69) is 41.2 Å². The number of aromatic nitrogens is 2. The Morgan fingerprint density at radius 1 is 0.971 bits per heavy atom. The van der Waals surface area contributed by atoms with Gasteiger partial charge in [-0.3, -0.25) is 9.55 Å². The van der Waals surface area contributed by atoms with Crippen LogP contribution >= 0.6 is 7.60 Å². The number of nitrogens with two attached hydrogens (primary N) is 1. The molecule has 0 saturated carbocycles. The molecule has 4 N–H and O–H groups in total. The first-order valence-electron chi connectivity index (χ1n) is 11.9. The molecule has 0 amide bonds. The molecule has 0 saturated heterocycles.